The molecule has 0 saturated carbocycles. The first kappa shape index (κ1) is 28.4. The van der Waals surface area contributed by atoms with E-state index in [4.69, 9.17) is 9.47 Å². The Labute approximate surface area is 254 Å². The first-order valence-electron chi connectivity index (χ1n) is 14.5. The highest BCUT2D eigenvalue weighted by molar-refractivity contribution is 6.00. The highest BCUT2D eigenvalue weighted by Gasteiger charge is 2.58. The molecule has 45 heavy (non-hydrogen) atoms. The van der Waals surface area contributed by atoms with Crippen LogP contribution in [0.1, 0.15) is 32.2 Å². The zero-order valence-corrected chi connectivity index (χ0v) is 24.8. The van der Waals surface area contributed by atoms with Crippen LogP contribution in [0.5, 0.6) is 0 Å². The highest BCUT2D eigenvalue weighted by atomic mass is 16.5. The minimum atomic E-state index is -1.79. The smallest absolute Gasteiger partial charge is 0.352 e. The van der Waals surface area contributed by atoms with E-state index < -0.39 is 51.7 Å². The van der Waals surface area contributed by atoms with Crippen molar-refractivity contribution in [1.82, 2.24) is 27.9 Å². The third-order valence-corrected chi connectivity index (χ3v) is 9.56. The number of allylic oxidation sites excluding steroid dienone is 2. The topological polar surface area (TPSA) is 150 Å². The molecule has 4 heterocycles. The van der Waals surface area contributed by atoms with Crippen LogP contribution in [0.2, 0.25) is 0 Å². The molecule has 232 valence electrons. The van der Waals surface area contributed by atoms with Crippen LogP contribution in [0.4, 0.5) is 0 Å². The lowest BCUT2D eigenvalue weighted by atomic mass is 9.78. The lowest BCUT2D eigenvalue weighted by Crippen LogP contribution is -2.54. The Morgan fingerprint density at radius 2 is 1.27 bits per heavy atom. The molecule has 0 unspecified atom stereocenters. The van der Waals surface area contributed by atoms with Crippen LogP contribution in [0, 0.1) is 5.41 Å². The summed E-state index contributed by atoms with van der Waals surface area (Å²) in [6, 6.07) is 16.0. The molecule has 2 aliphatic heterocycles. The molecule has 3 aliphatic rings. The van der Waals surface area contributed by atoms with Gasteiger partial charge in [-0.25, -0.2) is 47.0 Å². The van der Waals surface area contributed by atoms with Crippen molar-refractivity contribution in [2.45, 2.75) is 50.9 Å². The van der Waals surface area contributed by atoms with Gasteiger partial charge in [0.25, 0.3) is 0 Å². The average Bonchev–Trinajstić information content (AvgIpc) is 3.40. The Morgan fingerprint density at radius 3 is 1.82 bits per heavy atom. The Bertz CT molecular complexity index is 2140. The number of hydrogen-bond donors (Lipinski definition) is 0. The van der Waals surface area contributed by atoms with Crippen LogP contribution in [0.15, 0.2) is 91.0 Å². The summed E-state index contributed by atoms with van der Waals surface area (Å²) in [6.07, 6.45) is -0.204. The Hall–Kier alpha value is -5.40. The number of para-hydroxylation sites is 2. The summed E-state index contributed by atoms with van der Waals surface area (Å²) in [5, 5.41) is 0. The second-order valence-electron chi connectivity index (χ2n) is 11.8. The molecular formula is C31H30N6O8. The maximum atomic E-state index is 14.2. The van der Waals surface area contributed by atoms with Crippen molar-refractivity contribution in [3.05, 3.63) is 114 Å². The minimum Gasteiger partial charge on any atom is -0.468 e. The fourth-order valence-corrected chi connectivity index (χ4v) is 7.59. The van der Waals surface area contributed by atoms with Gasteiger partial charge in [-0.05, 0) is 61.6 Å². The first-order chi connectivity index (χ1) is 21.6. The van der Waals surface area contributed by atoms with Gasteiger partial charge >= 0.3 is 34.7 Å². The van der Waals surface area contributed by atoms with E-state index in [1.54, 1.807) is 67.6 Å². The van der Waals surface area contributed by atoms with Crippen molar-refractivity contribution in [1.29, 1.82) is 0 Å². The summed E-state index contributed by atoms with van der Waals surface area (Å²) in [6.45, 7) is 1.48. The van der Waals surface area contributed by atoms with Crippen LogP contribution < -0.4 is 22.8 Å². The van der Waals surface area contributed by atoms with Crippen molar-refractivity contribution in [3.63, 3.8) is 0 Å². The van der Waals surface area contributed by atoms with Crippen molar-refractivity contribution in [2.75, 3.05) is 14.2 Å². The Kier molecular flexibility index (Phi) is 6.18. The number of esters is 2. The quantitative estimate of drug-likeness (QED) is 0.185. The zero-order chi connectivity index (χ0) is 31.8. The fourth-order valence-electron chi connectivity index (χ4n) is 7.59. The molecule has 7 rings (SSSR count). The summed E-state index contributed by atoms with van der Waals surface area (Å²) in [5.74, 6) is -1.63. The number of aromatic nitrogens is 6. The summed E-state index contributed by atoms with van der Waals surface area (Å²) < 4.78 is 17.6. The third kappa shape index (κ3) is 3.68. The van der Waals surface area contributed by atoms with Crippen LogP contribution in [-0.4, -0.2) is 54.0 Å². The van der Waals surface area contributed by atoms with Gasteiger partial charge in [0, 0.05) is 0 Å². The predicted molar refractivity (Wildman–Crippen MR) is 159 cm³/mol. The van der Waals surface area contributed by atoms with E-state index in [9.17, 15) is 28.8 Å². The highest BCUT2D eigenvalue weighted by Crippen LogP contribution is 2.52. The SMILES string of the molecule is COC(=O)C1(C(=O)OC)CC[C@]2(C)C3=C(Cn4c(=O)n(-c5ccccc5)c(=O)n4[C@@H]3Cn3c(=O)n(-c4ccccc4)c(=O)n32)C1. The average molecular weight is 615 g/mol. The molecular weight excluding hydrogens is 584 g/mol. The molecule has 14 nitrogen and oxygen atoms in total. The van der Waals surface area contributed by atoms with E-state index in [2.05, 4.69) is 0 Å². The predicted octanol–water partition coefficient (Wildman–Crippen LogP) is 0.711. The van der Waals surface area contributed by atoms with Gasteiger partial charge in [-0.3, -0.25) is 9.59 Å². The van der Waals surface area contributed by atoms with E-state index >= 15 is 0 Å². The number of fused-ring (bicyclic) bond motifs is 4. The van der Waals surface area contributed by atoms with Crippen molar-refractivity contribution >= 4 is 11.9 Å². The van der Waals surface area contributed by atoms with E-state index in [0.29, 0.717) is 22.5 Å². The number of carbonyl (C=O) groups is 2. The van der Waals surface area contributed by atoms with Gasteiger partial charge in [0.1, 0.15) is 0 Å². The lowest BCUT2D eigenvalue weighted by molar-refractivity contribution is -0.170. The molecule has 1 aliphatic carbocycles. The fraction of sp³-hybridized carbons (Fsp3) is 0.355. The third-order valence-electron chi connectivity index (χ3n) is 9.56. The van der Waals surface area contributed by atoms with E-state index in [1.165, 1.54) is 32.9 Å². The number of methoxy groups -OCH3 is 2. The molecule has 2 aromatic heterocycles. The molecule has 0 amide bonds. The molecule has 0 fully saturated rings. The zero-order valence-electron chi connectivity index (χ0n) is 24.8. The number of nitrogens with zero attached hydrogens (tertiary/aromatic N) is 6. The van der Waals surface area contributed by atoms with Crippen LogP contribution >= 0.6 is 0 Å². The first-order valence-corrected chi connectivity index (χ1v) is 14.5. The van der Waals surface area contributed by atoms with Gasteiger partial charge in [0.15, 0.2) is 5.41 Å². The van der Waals surface area contributed by atoms with Gasteiger partial charge in [-0.2, -0.15) is 0 Å². The summed E-state index contributed by atoms with van der Waals surface area (Å²) in [5.41, 5.74) is -3.72. The standard InChI is InChI=1S/C31H30N6O8/c1-30-14-15-31(24(38)44-2,25(39)45-3)16-19-17-32-26(40)34(20-10-6-4-7-11-20)28(42)36(32)22(23(19)30)18-33-27(41)35(29(43)37(30)33)21-12-8-5-9-13-21/h4-13,22H,14-18H2,1-3H3/t22-,30-/m1/s1. The normalized spacial score (nSPS) is 21.3. The number of benzene rings is 2. The van der Waals surface area contributed by atoms with Gasteiger partial charge in [-0.15, -0.1) is 0 Å². The summed E-state index contributed by atoms with van der Waals surface area (Å²) in [4.78, 5) is 83.1. The maximum absolute atomic E-state index is 14.2. The van der Waals surface area contributed by atoms with Crippen LogP contribution in [-0.2, 0) is 37.7 Å². The van der Waals surface area contributed by atoms with Gasteiger partial charge < -0.3 is 9.47 Å². The number of hydrogen-bond acceptors (Lipinski definition) is 8. The molecule has 2 aromatic carbocycles. The van der Waals surface area contributed by atoms with Crippen LogP contribution in [0.3, 0.4) is 0 Å². The molecule has 4 aromatic rings. The largest absolute Gasteiger partial charge is 0.468 e. The van der Waals surface area contributed by atoms with Gasteiger partial charge in [0.2, 0.25) is 0 Å². The molecule has 2 atom stereocenters. The number of ether oxygens (including phenoxy) is 2. The molecule has 0 saturated heterocycles. The van der Waals surface area contributed by atoms with E-state index in [-0.39, 0.29) is 32.4 Å². The van der Waals surface area contributed by atoms with E-state index in [1.807, 2.05) is 0 Å². The molecule has 14 heteroatoms. The monoisotopic (exact) mass is 614 g/mol. The van der Waals surface area contributed by atoms with Crippen molar-refractivity contribution < 1.29 is 19.1 Å². The van der Waals surface area contributed by atoms with Crippen molar-refractivity contribution in [2.24, 2.45) is 5.41 Å². The molecule has 0 bridgehead atoms. The molecule has 0 radical (unpaired) electrons. The second-order valence-corrected chi connectivity index (χ2v) is 11.8. The maximum Gasteiger partial charge on any atom is 0.352 e. The lowest BCUT2D eigenvalue weighted by Gasteiger charge is -2.45. The minimum absolute atomic E-state index is 0.0447. The molecule has 0 N–H and O–H groups in total. The second kappa shape index (κ2) is 9.81. The summed E-state index contributed by atoms with van der Waals surface area (Å²) >= 11 is 0. The van der Waals surface area contributed by atoms with Crippen molar-refractivity contribution in [3.8, 4) is 11.4 Å². The molecule has 0 spiro atoms. The Morgan fingerprint density at radius 1 is 0.733 bits per heavy atom. The van der Waals surface area contributed by atoms with Crippen LogP contribution in [0.25, 0.3) is 11.4 Å². The number of rotatable bonds is 4. The van der Waals surface area contributed by atoms with Gasteiger partial charge in [-0.1, -0.05) is 36.4 Å². The summed E-state index contributed by atoms with van der Waals surface area (Å²) in [7, 11) is 2.36. The van der Waals surface area contributed by atoms with E-state index in [0.717, 1.165) is 9.13 Å². The number of carbonyl (C=O) groups excluding carboxylic acids is 2. The Balaban J connectivity index is 1.55. The van der Waals surface area contributed by atoms with Gasteiger partial charge in [0.05, 0.1) is 50.3 Å².